The highest BCUT2D eigenvalue weighted by Gasteiger charge is 2.10. The molecule has 0 fully saturated rings. The summed E-state index contributed by atoms with van der Waals surface area (Å²) in [5.74, 6) is 0.904. The second-order valence-corrected chi connectivity index (χ2v) is 4.54. The molecular weight excluding hydrogens is 218 g/mol. The van der Waals surface area contributed by atoms with E-state index < -0.39 is 0 Å². The lowest BCUT2D eigenvalue weighted by atomic mass is 10.0. The number of nitrogens with two attached hydrogens (primary N) is 1. The second kappa shape index (κ2) is 4.68. The summed E-state index contributed by atoms with van der Waals surface area (Å²) in [6, 6.07) is 8.09. The van der Waals surface area contributed by atoms with Crippen molar-refractivity contribution in [1.82, 2.24) is 0 Å². The van der Waals surface area contributed by atoms with Crippen molar-refractivity contribution >= 4 is 11.3 Å². The van der Waals surface area contributed by atoms with E-state index in [0.29, 0.717) is 0 Å². The number of hydrogen-bond acceptors (Lipinski definition) is 3. The van der Waals surface area contributed by atoms with Gasteiger partial charge < -0.3 is 10.5 Å². The normalized spacial score (nSPS) is 12.4. The first-order chi connectivity index (χ1) is 7.72. The molecule has 1 aromatic carbocycles. The zero-order chi connectivity index (χ0) is 11.5. The zero-order valence-corrected chi connectivity index (χ0v) is 10.3. The van der Waals surface area contributed by atoms with Gasteiger partial charge in [0.15, 0.2) is 0 Å². The number of thiophene rings is 1. The third-order valence-corrected chi connectivity index (χ3v) is 3.38. The lowest BCUT2D eigenvalue weighted by Crippen LogP contribution is -2.11. The maximum atomic E-state index is 6.19. The Labute approximate surface area is 99.7 Å². The van der Waals surface area contributed by atoms with Gasteiger partial charge in [-0.05, 0) is 46.5 Å². The molecule has 2 nitrogen and oxygen atoms in total. The van der Waals surface area contributed by atoms with Crippen LogP contribution in [0, 0.1) is 6.92 Å². The Hall–Kier alpha value is -1.32. The van der Waals surface area contributed by atoms with Crippen LogP contribution in [-0.2, 0) is 0 Å². The van der Waals surface area contributed by atoms with Crippen LogP contribution in [0.25, 0.3) is 0 Å². The van der Waals surface area contributed by atoms with Crippen LogP contribution in [0.4, 0.5) is 0 Å². The van der Waals surface area contributed by atoms with Gasteiger partial charge in [0.05, 0.1) is 13.2 Å². The quantitative estimate of drug-likeness (QED) is 0.884. The summed E-state index contributed by atoms with van der Waals surface area (Å²) in [6.45, 7) is 2.03. The molecule has 0 aliphatic carbocycles. The monoisotopic (exact) mass is 233 g/mol. The van der Waals surface area contributed by atoms with Crippen LogP contribution >= 0.6 is 11.3 Å². The molecule has 1 aromatic heterocycles. The number of hydrogen-bond donors (Lipinski definition) is 1. The maximum absolute atomic E-state index is 6.19. The summed E-state index contributed by atoms with van der Waals surface area (Å²) in [5, 5.41) is 4.13. The molecule has 0 saturated heterocycles. The Morgan fingerprint density at radius 2 is 2.06 bits per heavy atom. The van der Waals surface area contributed by atoms with Crippen LogP contribution in [0.5, 0.6) is 5.75 Å². The van der Waals surface area contributed by atoms with E-state index in [1.807, 2.05) is 24.4 Å². The molecule has 0 bridgehead atoms. The van der Waals surface area contributed by atoms with Crippen molar-refractivity contribution in [2.24, 2.45) is 5.73 Å². The fourth-order valence-corrected chi connectivity index (χ4v) is 2.44. The summed E-state index contributed by atoms with van der Waals surface area (Å²) in [5.41, 5.74) is 9.59. The van der Waals surface area contributed by atoms with Crippen LogP contribution in [0.1, 0.15) is 22.7 Å². The Morgan fingerprint density at radius 3 is 2.62 bits per heavy atom. The zero-order valence-electron chi connectivity index (χ0n) is 9.44. The van der Waals surface area contributed by atoms with Gasteiger partial charge in [-0.15, -0.1) is 0 Å². The first-order valence-electron chi connectivity index (χ1n) is 5.14. The molecule has 16 heavy (non-hydrogen) atoms. The summed E-state index contributed by atoms with van der Waals surface area (Å²) in [6.07, 6.45) is 0. The minimum Gasteiger partial charge on any atom is -0.496 e. The number of aryl methyl sites for hydroxylation is 1. The highest BCUT2D eigenvalue weighted by atomic mass is 32.1. The van der Waals surface area contributed by atoms with Crippen LogP contribution < -0.4 is 10.5 Å². The SMILES string of the molecule is COc1ccc(C(N)c2ccsc2)cc1C. The Bertz CT molecular complexity index is 465. The highest BCUT2D eigenvalue weighted by Crippen LogP contribution is 2.26. The first kappa shape index (κ1) is 11.2. The van der Waals surface area contributed by atoms with Gasteiger partial charge in [-0.1, -0.05) is 12.1 Å². The minimum atomic E-state index is -0.0455. The fourth-order valence-electron chi connectivity index (χ4n) is 1.74. The third kappa shape index (κ3) is 2.10. The van der Waals surface area contributed by atoms with E-state index in [4.69, 9.17) is 10.5 Å². The fraction of sp³-hybridized carbons (Fsp3) is 0.231. The lowest BCUT2D eigenvalue weighted by molar-refractivity contribution is 0.411. The van der Waals surface area contributed by atoms with Crippen LogP contribution in [0.15, 0.2) is 35.0 Å². The standard InChI is InChI=1S/C13H15NOS/c1-9-7-10(3-4-12(9)15-2)13(14)11-5-6-16-8-11/h3-8,13H,14H2,1-2H3. The predicted molar refractivity (Wildman–Crippen MR) is 68.1 cm³/mol. The van der Waals surface area contributed by atoms with Crippen molar-refractivity contribution < 1.29 is 4.74 Å². The van der Waals surface area contributed by atoms with Gasteiger partial charge in [-0.3, -0.25) is 0 Å². The van der Waals surface area contributed by atoms with Crippen molar-refractivity contribution in [3.63, 3.8) is 0 Å². The first-order valence-corrected chi connectivity index (χ1v) is 6.09. The van der Waals surface area contributed by atoms with E-state index >= 15 is 0 Å². The topological polar surface area (TPSA) is 35.2 Å². The average molecular weight is 233 g/mol. The van der Waals surface area contributed by atoms with Crippen LogP contribution in [0.2, 0.25) is 0 Å². The van der Waals surface area contributed by atoms with Gasteiger partial charge in [0.25, 0.3) is 0 Å². The number of ether oxygens (including phenoxy) is 1. The van der Waals surface area contributed by atoms with Gasteiger partial charge in [0.1, 0.15) is 5.75 Å². The molecule has 0 amide bonds. The van der Waals surface area contributed by atoms with Crippen molar-refractivity contribution in [2.75, 3.05) is 7.11 Å². The van der Waals surface area contributed by atoms with Crippen molar-refractivity contribution in [3.05, 3.63) is 51.7 Å². The molecule has 0 aliphatic heterocycles. The van der Waals surface area contributed by atoms with E-state index in [9.17, 15) is 0 Å². The number of methoxy groups -OCH3 is 1. The van der Waals surface area contributed by atoms with Crippen LogP contribution in [0.3, 0.4) is 0 Å². The molecule has 2 rings (SSSR count). The van der Waals surface area contributed by atoms with Gasteiger partial charge >= 0.3 is 0 Å². The van der Waals surface area contributed by atoms with E-state index in [0.717, 1.165) is 22.4 Å². The molecule has 2 N–H and O–H groups in total. The Kier molecular flexibility index (Phi) is 3.27. The molecule has 84 valence electrons. The van der Waals surface area contributed by atoms with E-state index in [2.05, 4.69) is 17.5 Å². The van der Waals surface area contributed by atoms with E-state index in [1.165, 1.54) is 0 Å². The molecular formula is C13H15NOS. The predicted octanol–water partition coefficient (Wildman–Crippen LogP) is 3.11. The third-order valence-electron chi connectivity index (χ3n) is 2.68. The smallest absolute Gasteiger partial charge is 0.121 e. The van der Waals surface area contributed by atoms with Gasteiger partial charge in [-0.2, -0.15) is 11.3 Å². The molecule has 3 heteroatoms. The summed E-state index contributed by atoms with van der Waals surface area (Å²) < 4.78 is 5.23. The molecule has 2 aromatic rings. The molecule has 1 atom stereocenters. The molecule has 1 heterocycles. The van der Waals surface area contributed by atoms with Gasteiger partial charge in [-0.25, -0.2) is 0 Å². The number of benzene rings is 1. The van der Waals surface area contributed by atoms with Gasteiger partial charge in [0, 0.05) is 0 Å². The molecule has 0 saturated carbocycles. The maximum Gasteiger partial charge on any atom is 0.121 e. The summed E-state index contributed by atoms with van der Waals surface area (Å²) in [4.78, 5) is 0. The molecule has 1 unspecified atom stereocenters. The lowest BCUT2D eigenvalue weighted by Gasteiger charge is -2.13. The van der Waals surface area contributed by atoms with Crippen molar-refractivity contribution in [1.29, 1.82) is 0 Å². The summed E-state index contributed by atoms with van der Waals surface area (Å²) in [7, 11) is 1.68. The largest absolute Gasteiger partial charge is 0.496 e. The van der Waals surface area contributed by atoms with Crippen LogP contribution in [-0.4, -0.2) is 7.11 Å². The minimum absolute atomic E-state index is 0.0455. The summed E-state index contributed by atoms with van der Waals surface area (Å²) >= 11 is 1.67. The molecule has 0 radical (unpaired) electrons. The highest BCUT2D eigenvalue weighted by molar-refractivity contribution is 7.08. The van der Waals surface area contributed by atoms with Gasteiger partial charge in [0.2, 0.25) is 0 Å². The molecule has 0 aliphatic rings. The Balaban J connectivity index is 2.31. The number of rotatable bonds is 3. The van der Waals surface area contributed by atoms with Crippen molar-refractivity contribution in [3.8, 4) is 5.75 Å². The second-order valence-electron chi connectivity index (χ2n) is 3.76. The van der Waals surface area contributed by atoms with E-state index in [-0.39, 0.29) is 6.04 Å². The van der Waals surface area contributed by atoms with E-state index in [1.54, 1.807) is 18.4 Å². The molecule has 0 spiro atoms. The van der Waals surface area contributed by atoms with Crippen molar-refractivity contribution in [2.45, 2.75) is 13.0 Å². The average Bonchev–Trinajstić information content (AvgIpc) is 2.81. The Morgan fingerprint density at radius 1 is 1.25 bits per heavy atom.